The Morgan fingerprint density at radius 3 is 2.71 bits per heavy atom. The van der Waals surface area contributed by atoms with E-state index in [1.54, 1.807) is 0 Å². The second-order valence-corrected chi connectivity index (χ2v) is 4.08. The van der Waals surface area contributed by atoms with Gasteiger partial charge in [0.05, 0.1) is 5.92 Å². The third kappa shape index (κ3) is 1.41. The highest BCUT2D eigenvalue weighted by Gasteiger charge is 2.44. The molecule has 1 aliphatic carbocycles. The molecule has 14 heavy (non-hydrogen) atoms. The second kappa shape index (κ2) is 3.12. The predicted octanol–water partition coefficient (Wildman–Crippen LogP) is 2.49. The largest absolute Gasteiger partial charge is 0.481 e. The maximum absolute atomic E-state index is 10.7. The molecule has 1 N–H and O–H groups in total. The highest BCUT2D eigenvalue weighted by atomic mass is 16.4. The van der Waals surface area contributed by atoms with E-state index in [0.717, 1.165) is 6.42 Å². The summed E-state index contributed by atoms with van der Waals surface area (Å²) >= 11 is 0. The van der Waals surface area contributed by atoms with Crippen molar-refractivity contribution in [1.82, 2.24) is 0 Å². The maximum Gasteiger partial charge on any atom is 0.307 e. The van der Waals surface area contributed by atoms with Gasteiger partial charge in [-0.2, -0.15) is 0 Å². The van der Waals surface area contributed by atoms with Gasteiger partial charge in [0.1, 0.15) is 0 Å². The molecule has 0 saturated heterocycles. The van der Waals surface area contributed by atoms with Crippen LogP contribution in [0.25, 0.3) is 0 Å². The first-order valence-corrected chi connectivity index (χ1v) is 4.90. The highest BCUT2D eigenvalue weighted by Crippen LogP contribution is 2.48. The fourth-order valence-electron chi connectivity index (χ4n) is 1.99. The monoisotopic (exact) mass is 190 g/mol. The lowest BCUT2D eigenvalue weighted by Crippen LogP contribution is -2.00. The van der Waals surface area contributed by atoms with Crippen molar-refractivity contribution < 1.29 is 9.90 Å². The van der Waals surface area contributed by atoms with Gasteiger partial charge in [-0.3, -0.25) is 4.79 Å². The van der Waals surface area contributed by atoms with Gasteiger partial charge in [-0.25, -0.2) is 0 Å². The zero-order valence-corrected chi connectivity index (χ0v) is 8.45. The topological polar surface area (TPSA) is 37.3 Å². The number of aryl methyl sites for hydroxylation is 1. The van der Waals surface area contributed by atoms with Crippen LogP contribution in [0.4, 0.5) is 0 Å². The van der Waals surface area contributed by atoms with Crippen LogP contribution in [0.3, 0.4) is 0 Å². The molecule has 1 fully saturated rings. The molecule has 0 unspecified atom stereocenters. The summed E-state index contributed by atoms with van der Waals surface area (Å²) in [7, 11) is 0. The highest BCUT2D eigenvalue weighted by molar-refractivity contribution is 5.75. The van der Waals surface area contributed by atoms with Crippen molar-refractivity contribution in [3.05, 3.63) is 34.9 Å². The molecular formula is C12H14O2. The molecule has 1 aromatic carbocycles. The van der Waals surface area contributed by atoms with Gasteiger partial charge in [0.15, 0.2) is 0 Å². The van der Waals surface area contributed by atoms with E-state index in [9.17, 15) is 4.79 Å². The fourth-order valence-corrected chi connectivity index (χ4v) is 1.99. The van der Waals surface area contributed by atoms with Crippen LogP contribution >= 0.6 is 0 Å². The predicted molar refractivity (Wildman–Crippen MR) is 54.4 cm³/mol. The van der Waals surface area contributed by atoms with Gasteiger partial charge in [-0.05, 0) is 42.9 Å². The van der Waals surface area contributed by atoms with Crippen LogP contribution in [0.15, 0.2) is 18.2 Å². The molecule has 0 aromatic heterocycles. The number of carboxylic acids is 1. The summed E-state index contributed by atoms with van der Waals surface area (Å²) in [4.78, 5) is 10.7. The molecule has 0 aliphatic heterocycles. The summed E-state index contributed by atoms with van der Waals surface area (Å²) in [5.41, 5.74) is 3.72. The van der Waals surface area contributed by atoms with E-state index >= 15 is 0 Å². The van der Waals surface area contributed by atoms with E-state index in [1.807, 2.05) is 6.07 Å². The Morgan fingerprint density at radius 1 is 1.43 bits per heavy atom. The van der Waals surface area contributed by atoms with Gasteiger partial charge in [0, 0.05) is 0 Å². The molecule has 0 amide bonds. The Labute approximate surface area is 83.6 Å². The summed E-state index contributed by atoms with van der Waals surface area (Å²) in [6.45, 7) is 4.14. The normalized spacial score (nSPS) is 24.7. The molecule has 0 heterocycles. The van der Waals surface area contributed by atoms with E-state index in [0.29, 0.717) is 0 Å². The van der Waals surface area contributed by atoms with Crippen molar-refractivity contribution in [2.45, 2.75) is 26.2 Å². The van der Waals surface area contributed by atoms with Gasteiger partial charge < -0.3 is 5.11 Å². The second-order valence-electron chi connectivity index (χ2n) is 4.08. The van der Waals surface area contributed by atoms with Crippen molar-refractivity contribution >= 4 is 5.97 Å². The van der Waals surface area contributed by atoms with E-state index in [-0.39, 0.29) is 11.8 Å². The average Bonchev–Trinajstić information content (AvgIpc) is 2.89. The van der Waals surface area contributed by atoms with Crippen LogP contribution in [0.5, 0.6) is 0 Å². The Morgan fingerprint density at radius 2 is 2.14 bits per heavy atom. The lowest BCUT2D eigenvalue weighted by molar-refractivity contribution is -0.138. The Hall–Kier alpha value is -1.31. The molecule has 2 atom stereocenters. The summed E-state index contributed by atoms with van der Waals surface area (Å²) in [6, 6.07) is 6.13. The zero-order valence-electron chi connectivity index (χ0n) is 8.45. The van der Waals surface area contributed by atoms with Gasteiger partial charge in [0.2, 0.25) is 0 Å². The van der Waals surface area contributed by atoms with Crippen molar-refractivity contribution in [2.24, 2.45) is 5.92 Å². The molecule has 2 heteroatoms. The van der Waals surface area contributed by atoms with Crippen molar-refractivity contribution in [2.75, 3.05) is 0 Å². The van der Waals surface area contributed by atoms with Gasteiger partial charge in [-0.15, -0.1) is 0 Å². The van der Waals surface area contributed by atoms with Crippen LogP contribution in [0.1, 0.15) is 29.0 Å². The third-order valence-electron chi connectivity index (χ3n) is 3.15. The first-order chi connectivity index (χ1) is 6.61. The van der Waals surface area contributed by atoms with Crippen molar-refractivity contribution in [3.63, 3.8) is 0 Å². The van der Waals surface area contributed by atoms with Crippen LogP contribution in [-0.2, 0) is 4.79 Å². The van der Waals surface area contributed by atoms with Crippen LogP contribution < -0.4 is 0 Å². The Balaban J connectivity index is 2.27. The number of benzene rings is 1. The first-order valence-electron chi connectivity index (χ1n) is 4.90. The van der Waals surface area contributed by atoms with Gasteiger partial charge in [-0.1, -0.05) is 18.2 Å². The summed E-state index contributed by atoms with van der Waals surface area (Å²) in [5.74, 6) is -0.543. The molecular weight excluding hydrogens is 176 g/mol. The van der Waals surface area contributed by atoms with Gasteiger partial charge >= 0.3 is 5.97 Å². The smallest absolute Gasteiger partial charge is 0.307 e. The lowest BCUT2D eigenvalue weighted by atomic mass is 9.99. The number of carboxylic acid groups (broad SMARTS) is 1. The van der Waals surface area contributed by atoms with Crippen molar-refractivity contribution in [1.29, 1.82) is 0 Å². The molecule has 2 nitrogen and oxygen atoms in total. The fraction of sp³-hybridized carbons (Fsp3) is 0.417. The van der Waals surface area contributed by atoms with Gasteiger partial charge in [0.25, 0.3) is 0 Å². The molecule has 2 rings (SSSR count). The number of rotatable bonds is 2. The third-order valence-corrected chi connectivity index (χ3v) is 3.15. The maximum atomic E-state index is 10.7. The van der Waals surface area contributed by atoms with E-state index < -0.39 is 5.97 Å². The van der Waals surface area contributed by atoms with E-state index in [2.05, 4.69) is 26.0 Å². The van der Waals surface area contributed by atoms with Crippen LogP contribution in [0.2, 0.25) is 0 Å². The molecule has 0 radical (unpaired) electrons. The standard InChI is InChI=1S/C12H14O2/c1-7-4-3-5-9(8(7)2)10-6-11(10)12(13)14/h3-5,10-11H,6H2,1-2H3,(H,13,14)/t10-,11+/m0/s1. The molecule has 1 aliphatic rings. The average molecular weight is 190 g/mol. The van der Waals surface area contributed by atoms with E-state index in [4.69, 9.17) is 5.11 Å². The molecule has 0 spiro atoms. The minimum Gasteiger partial charge on any atom is -0.481 e. The summed E-state index contributed by atoms with van der Waals surface area (Å²) in [5, 5.41) is 8.85. The molecule has 74 valence electrons. The number of hydrogen-bond acceptors (Lipinski definition) is 1. The summed E-state index contributed by atoms with van der Waals surface area (Å²) < 4.78 is 0. The Kier molecular flexibility index (Phi) is 2.06. The quantitative estimate of drug-likeness (QED) is 0.778. The SMILES string of the molecule is Cc1cccc([C@@H]2C[C@H]2C(=O)O)c1C. The number of carbonyl (C=O) groups is 1. The first kappa shape index (κ1) is 9.25. The number of hydrogen-bond donors (Lipinski definition) is 1. The Bertz CT molecular complexity index is 382. The van der Waals surface area contributed by atoms with Crippen molar-refractivity contribution in [3.8, 4) is 0 Å². The molecule has 1 saturated carbocycles. The van der Waals surface area contributed by atoms with E-state index in [1.165, 1.54) is 16.7 Å². The minimum atomic E-state index is -0.657. The summed E-state index contributed by atoms with van der Waals surface area (Å²) in [6.07, 6.45) is 0.805. The number of aliphatic carboxylic acids is 1. The minimum absolute atomic E-state index is 0.143. The lowest BCUT2D eigenvalue weighted by Gasteiger charge is -2.06. The van der Waals surface area contributed by atoms with Crippen LogP contribution in [0, 0.1) is 19.8 Å². The molecule has 1 aromatic rings. The van der Waals surface area contributed by atoms with Crippen LogP contribution in [-0.4, -0.2) is 11.1 Å². The zero-order chi connectivity index (χ0) is 10.3. The molecule has 0 bridgehead atoms.